The third kappa shape index (κ3) is 4.46. The van der Waals surface area contributed by atoms with Crippen molar-refractivity contribution < 1.29 is 23.9 Å². The van der Waals surface area contributed by atoms with Crippen LogP contribution in [0.2, 0.25) is 5.02 Å². The summed E-state index contributed by atoms with van der Waals surface area (Å²) in [5, 5.41) is 16.3. The Bertz CT molecular complexity index is 1340. The summed E-state index contributed by atoms with van der Waals surface area (Å²) in [4.78, 5) is 47.0. The summed E-state index contributed by atoms with van der Waals surface area (Å²) in [6, 6.07) is 4.18. The lowest BCUT2D eigenvalue weighted by Crippen LogP contribution is -2.41. The number of carbonyl (C=O) groups excluding carboxylic acids is 2. The Labute approximate surface area is 203 Å². The largest absolute Gasteiger partial charge is 0.478 e. The van der Waals surface area contributed by atoms with Gasteiger partial charge in [-0.1, -0.05) is 17.7 Å². The van der Waals surface area contributed by atoms with Crippen molar-refractivity contribution in [2.24, 2.45) is 0 Å². The van der Waals surface area contributed by atoms with Crippen molar-refractivity contribution in [3.05, 3.63) is 75.8 Å². The maximum Gasteiger partial charge on any atom is 0.338 e. The standard InChI is InChI=1S/C23H20ClFN6O4/c24-16-7-13(1-2-17(16)25)8-19(32)30-5-6-31-18(12-30)15(11-28-31)20(33)29-23(3-4-23)22-26-9-14(10-27-22)21(34)35/h1-2,7,9-11H,3-6,8,12H2,(H,29,33)(H,34,35). The van der Waals surface area contributed by atoms with Crippen LogP contribution in [0.25, 0.3) is 0 Å². The van der Waals surface area contributed by atoms with Crippen LogP contribution in [0.3, 0.4) is 0 Å². The van der Waals surface area contributed by atoms with Gasteiger partial charge < -0.3 is 15.3 Å². The fourth-order valence-electron chi connectivity index (χ4n) is 4.08. The molecule has 2 aliphatic rings. The van der Waals surface area contributed by atoms with Crippen LogP contribution in [0.5, 0.6) is 0 Å². The van der Waals surface area contributed by atoms with Crippen LogP contribution in [0.15, 0.2) is 36.8 Å². The molecule has 1 aliphatic heterocycles. The predicted molar refractivity (Wildman–Crippen MR) is 120 cm³/mol. The second kappa shape index (κ2) is 8.73. The number of halogens is 2. The molecule has 3 heterocycles. The number of hydrogen-bond acceptors (Lipinski definition) is 6. The molecule has 180 valence electrons. The number of carbonyl (C=O) groups is 3. The highest BCUT2D eigenvalue weighted by Crippen LogP contribution is 2.44. The second-order valence-corrected chi connectivity index (χ2v) is 9.01. The van der Waals surface area contributed by atoms with E-state index in [-0.39, 0.29) is 35.4 Å². The van der Waals surface area contributed by atoms with Crippen molar-refractivity contribution in [3.63, 3.8) is 0 Å². The highest BCUT2D eigenvalue weighted by atomic mass is 35.5. The molecule has 0 saturated heterocycles. The zero-order valence-corrected chi connectivity index (χ0v) is 19.1. The molecule has 5 rings (SSSR count). The monoisotopic (exact) mass is 498 g/mol. The lowest BCUT2D eigenvalue weighted by atomic mass is 10.1. The first-order valence-electron chi connectivity index (χ1n) is 10.9. The number of carboxylic acid groups (broad SMARTS) is 1. The van der Waals surface area contributed by atoms with Crippen LogP contribution in [0.4, 0.5) is 4.39 Å². The Hall–Kier alpha value is -3.86. The Balaban J connectivity index is 1.29. The molecule has 1 aliphatic carbocycles. The van der Waals surface area contributed by atoms with E-state index in [1.807, 2.05) is 0 Å². The van der Waals surface area contributed by atoms with E-state index in [0.717, 1.165) is 0 Å². The normalized spacial score (nSPS) is 15.9. The predicted octanol–water partition coefficient (Wildman–Crippen LogP) is 2.17. The summed E-state index contributed by atoms with van der Waals surface area (Å²) >= 11 is 5.82. The molecule has 1 fully saturated rings. The van der Waals surface area contributed by atoms with Crippen LogP contribution < -0.4 is 5.32 Å². The second-order valence-electron chi connectivity index (χ2n) is 8.61. The topological polar surface area (TPSA) is 130 Å². The minimum absolute atomic E-state index is 0.0331. The van der Waals surface area contributed by atoms with Gasteiger partial charge in [-0.05, 0) is 30.5 Å². The van der Waals surface area contributed by atoms with E-state index in [1.165, 1.54) is 36.8 Å². The molecular formula is C23H20ClFN6O4. The average molecular weight is 499 g/mol. The number of hydrogen-bond donors (Lipinski definition) is 2. The number of rotatable bonds is 6. The van der Waals surface area contributed by atoms with Crippen LogP contribution >= 0.6 is 11.6 Å². The van der Waals surface area contributed by atoms with Crippen molar-refractivity contribution >= 4 is 29.4 Å². The quantitative estimate of drug-likeness (QED) is 0.532. The lowest BCUT2D eigenvalue weighted by Gasteiger charge is -2.28. The molecule has 1 saturated carbocycles. The van der Waals surface area contributed by atoms with E-state index in [0.29, 0.717) is 48.6 Å². The molecule has 0 unspecified atom stereocenters. The van der Waals surface area contributed by atoms with Gasteiger partial charge in [-0.25, -0.2) is 19.2 Å². The first-order valence-corrected chi connectivity index (χ1v) is 11.3. The molecule has 35 heavy (non-hydrogen) atoms. The van der Waals surface area contributed by atoms with Crippen LogP contribution in [0.1, 0.15) is 50.6 Å². The fourth-order valence-corrected chi connectivity index (χ4v) is 4.29. The van der Waals surface area contributed by atoms with E-state index in [2.05, 4.69) is 20.4 Å². The molecule has 10 nitrogen and oxygen atoms in total. The summed E-state index contributed by atoms with van der Waals surface area (Å²) in [6.07, 6.45) is 5.22. The summed E-state index contributed by atoms with van der Waals surface area (Å²) in [7, 11) is 0. The highest BCUT2D eigenvalue weighted by molar-refractivity contribution is 6.30. The molecule has 0 atom stereocenters. The first kappa shape index (κ1) is 22.9. The van der Waals surface area contributed by atoms with Crippen molar-refractivity contribution in [1.29, 1.82) is 0 Å². The van der Waals surface area contributed by atoms with E-state index >= 15 is 0 Å². The summed E-state index contributed by atoms with van der Waals surface area (Å²) in [5.41, 5.74) is 0.768. The number of nitrogens with one attached hydrogen (secondary N) is 1. The molecule has 2 N–H and O–H groups in total. The fraction of sp³-hybridized carbons (Fsp3) is 0.304. The van der Waals surface area contributed by atoms with Gasteiger partial charge in [0.05, 0.1) is 47.6 Å². The van der Waals surface area contributed by atoms with Gasteiger partial charge >= 0.3 is 5.97 Å². The minimum atomic E-state index is -1.13. The average Bonchev–Trinajstić information content (AvgIpc) is 3.50. The van der Waals surface area contributed by atoms with Crippen LogP contribution in [-0.2, 0) is 29.8 Å². The van der Waals surface area contributed by atoms with Gasteiger partial charge in [0, 0.05) is 18.9 Å². The Kier molecular flexibility index (Phi) is 5.72. The van der Waals surface area contributed by atoms with Gasteiger partial charge in [0.2, 0.25) is 5.91 Å². The third-order valence-corrected chi connectivity index (χ3v) is 6.53. The van der Waals surface area contributed by atoms with Gasteiger partial charge in [0.25, 0.3) is 5.91 Å². The van der Waals surface area contributed by atoms with Gasteiger partial charge in [0.15, 0.2) is 5.82 Å². The molecule has 0 bridgehead atoms. The molecule has 1 aromatic carbocycles. The number of nitrogens with zero attached hydrogens (tertiary/aromatic N) is 5. The smallest absolute Gasteiger partial charge is 0.338 e. The van der Waals surface area contributed by atoms with E-state index in [4.69, 9.17) is 16.7 Å². The first-order chi connectivity index (χ1) is 16.8. The molecular weight excluding hydrogens is 479 g/mol. The van der Waals surface area contributed by atoms with Crippen molar-refractivity contribution in [3.8, 4) is 0 Å². The maximum atomic E-state index is 13.4. The highest BCUT2D eigenvalue weighted by Gasteiger charge is 2.49. The van der Waals surface area contributed by atoms with Gasteiger partial charge in [-0.15, -0.1) is 0 Å². The molecule has 12 heteroatoms. The molecule has 3 aromatic rings. The zero-order valence-electron chi connectivity index (χ0n) is 18.4. The molecule has 2 aromatic heterocycles. The zero-order chi connectivity index (χ0) is 24.7. The summed E-state index contributed by atoms with van der Waals surface area (Å²) in [6.45, 7) is 1.06. The summed E-state index contributed by atoms with van der Waals surface area (Å²) < 4.78 is 15.1. The van der Waals surface area contributed by atoms with Crippen molar-refractivity contribution in [2.45, 2.75) is 37.9 Å². The van der Waals surface area contributed by atoms with Gasteiger partial charge in [0.1, 0.15) is 11.4 Å². The van der Waals surface area contributed by atoms with E-state index < -0.39 is 17.3 Å². The Morgan fingerprint density at radius 1 is 1.14 bits per heavy atom. The van der Waals surface area contributed by atoms with E-state index in [9.17, 15) is 18.8 Å². The Morgan fingerprint density at radius 2 is 1.89 bits per heavy atom. The number of fused-ring (bicyclic) bond motifs is 1. The molecule has 0 radical (unpaired) electrons. The summed E-state index contributed by atoms with van der Waals surface area (Å²) in [5.74, 6) is -1.85. The number of amides is 2. The van der Waals surface area contributed by atoms with Crippen LogP contribution in [-0.4, -0.2) is 54.1 Å². The van der Waals surface area contributed by atoms with Crippen LogP contribution in [0, 0.1) is 5.82 Å². The maximum absolute atomic E-state index is 13.4. The number of carboxylic acids is 1. The SMILES string of the molecule is O=C(O)c1cnc(C2(NC(=O)c3cnn4c3CN(C(=O)Cc3ccc(F)c(Cl)c3)CC4)CC2)nc1. The Morgan fingerprint density at radius 3 is 2.54 bits per heavy atom. The minimum Gasteiger partial charge on any atom is -0.478 e. The van der Waals surface area contributed by atoms with Crippen molar-refractivity contribution in [2.75, 3.05) is 6.54 Å². The number of benzene rings is 1. The molecule has 2 amide bonds. The van der Waals surface area contributed by atoms with E-state index in [1.54, 1.807) is 9.58 Å². The molecule has 0 spiro atoms. The third-order valence-electron chi connectivity index (χ3n) is 6.24. The van der Waals surface area contributed by atoms with Gasteiger partial charge in [-0.3, -0.25) is 14.3 Å². The van der Waals surface area contributed by atoms with Crippen molar-refractivity contribution in [1.82, 2.24) is 30.0 Å². The number of aromatic nitrogens is 4. The number of aromatic carboxylic acids is 1. The lowest BCUT2D eigenvalue weighted by molar-refractivity contribution is -0.132. The van der Waals surface area contributed by atoms with Gasteiger partial charge in [-0.2, -0.15) is 5.10 Å².